The first kappa shape index (κ1) is 8.06. The molecular weight excluding hydrogens is 124 g/mol. The molecule has 0 N–H and O–H groups in total. The van der Waals surface area contributed by atoms with E-state index < -0.39 is 0 Å². The van der Waals surface area contributed by atoms with E-state index in [1.54, 1.807) is 0 Å². The molecule has 0 unspecified atom stereocenters. The van der Waals surface area contributed by atoms with Crippen LogP contribution in [0.2, 0.25) is 0 Å². The van der Waals surface area contributed by atoms with Crippen molar-refractivity contribution in [3.8, 4) is 0 Å². The summed E-state index contributed by atoms with van der Waals surface area (Å²) in [6, 6.07) is 0. The van der Waals surface area contributed by atoms with Crippen molar-refractivity contribution in [2.24, 2.45) is 5.92 Å². The number of rotatable bonds is 3. The molecule has 0 heterocycles. The zero-order valence-corrected chi connectivity index (χ0v) is 7.31. The van der Waals surface area contributed by atoms with Gasteiger partial charge in [0.2, 0.25) is 0 Å². The topological polar surface area (TPSA) is 9.23 Å². The van der Waals surface area contributed by atoms with Crippen molar-refractivity contribution < 1.29 is 4.74 Å². The highest BCUT2D eigenvalue weighted by Crippen LogP contribution is 2.44. The van der Waals surface area contributed by atoms with E-state index >= 15 is 0 Å². The minimum absolute atomic E-state index is 0.278. The van der Waals surface area contributed by atoms with Crippen LogP contribution < -0.4 is 0 Å². The summed E-state index contributed by atoms with van der Waals surface area (Å²) in [6.45, 7) is 4.48. The standard InChI is InChI=1S/C9H18O/c1-4-8-6-9(5-2,7-8)10-3/h8H,4-7H2,1-3H3. The van der Waals surface area contributed by atoms with Gasteiger partial charge in [0, 0.05) is 7.11 Å². The fourth-order valence-corrected chi connectivity index (χ4v) is 1.88. The van der Waals surface area contributed by atoms with E-state index in [2.05, 4.69) is 13.8 Å². The molecule has 0 saturated heterocycles. The number of ether oxygens (including phenoxy) is 1. The number of methoxy groups -OCH3 is 1. The van der Waals surface area contributed by atoms with Crippen LogP contribution in [0.25, 0.3) is 0 Å². The van der Waals surface area contributed by atoms with Gasteiger partial charge < -0.3 is 4.74 Å². The minimum Gasteiger partial charge on any atom is -0.378 e. The van der Waals surface area contributed by atoms with Gasteiger partial charge in [0.1, 0.15) is 0 Å². The van der Waals surface area contributed by atoms with E-state index in [1.807, 2.05) is 7.11 Å². The van der Waals surface area contributed by atoms with Crippen molar-refractivity contribution in [2.45, 2.75) is 45.1 Å². The van der Waals surface area contributed by atoms with Gasteiger partial charge in [-0.3, -0.25) is 0 Å². The maximum absolute atomic E-state index is 5.46. The Morgan fingerprint density at radius 2 is 2.00 bits per heavy atom. The smallest absolute Gasteiger partial charge is 0.0681 e. The maximum Gasteiger partial charge on any atom is 0.0681 e. The Bertz CT molecular complexity index is 97.3. The average Bonchev–Trinajstić information content (AvgIpc) is 1.89. The van der Waals surface area contributed by atoms with Gasteiger partial charge in [0.15, 0.2) is 0 Å². The summed E-state index contributed by atoms with van der Waals surface area (Å²) in [7, 11) is 1.84. The Kier molecular flexibility index (Phi) is 2.35. The van der Waals surface area contributed by atoms with Crippen LogP contribution in [-0.4, -0.2) is 12.7 Å². The molecule has 0 spiro atoms. The molecule has 0 aliphatic heterocycles. The van der Waals surface area contributed by atoms with Crippen molar-refractivity contribution in [3.05, 3.63) is 0 Å². The zero-order valence-electron chi connectivity index (χ0n) is 7.31. The molecule has 0 aromatic carbocycles. The van der Waals surface area contributed by atoms with Crippen molar-refractivity contribution in [1.29, 1.82) is 0 Å². The molecule has 0 amide bonds. The number of hydrogen-bond acceptors (Lipinski definition) is 1. The fourth-order valence-electron chi connectivity index (χ4n) is 1.88. The third kappa shape index (κ3) is 1.20. The molecule has 0 aromatic heterocycles. The van der Waals surface area contributed by atoms with E-state index in [-0.39, 0.29) is 5.60 Å². The number of hydrogen-bond donors (Lipinski definition) is 0. The largest absolute Gasteiger partial charge is 0.378 e. The van der Waals surface area contributed by atoms with Crippen molar-refractivity contribution in [3.63, 3.8) is 0 Å². The third-order valence-electron chi connectivity index (χ3n) is 2.98. The first-order valence-electron chi connectivity index (χ1n) is 4.31. The van der Waals surface area contributed by atoms with Gasteiger partial charge in [0.25, 0.3) is 0 Å². The Morgan fingerprint density at radius 1 is 1.40 bits per heavy atom. The highest BCUT2D eigenvalue weighted by molar-refractivity contribution is 4.93. The maximum atomic E-state index is 5.46. The molecule has 1 heteroatoms. The molecule has 1 nitrogen and oxygen atoms in total. The first-order valence-corrected chi connectivity index (χ1v) is 4.31. The van der Waals surface area contributed by atoms with E-state index in [1.165, 1.54) is 25.7 Å². The van der Waals surface area contributed by atoms with Crippen LogP contribution >= 0.6 is 0 Å². The molecule has 0 radical (unpaired) electrons. The van der Waals surface area contributed by atoms with Gasteiger partial charge in [-0.2, -0.15) is 0 Å². The molecule has 60 valence electrons. The zero-order chi connectivity index (χ0) is 7.61. The lowest BCUT2D eigenvalue weighted by atomic mass is 9.68. The highest BCUT2D eigenvalue weighted by Gasteiger charge is 2.41. The lowest BCUT2D eigenvalue weighted by Crippen LogP contribution is -2.44. The van der Waals surface area contributed by atoms with Crippen LogP contribution in [-0.2, 0) is 4.74 Å². The average molecular weight is 142 g/mol. The molecule has 1 fully saturated rings. The lowest BCUT2D eigenvalue weighted by Gasteiger charge is -2.46. The lowest BCUT2D eigenvalue weighted by molar-refractivity contribution is -0.108. The van der Waals surface area contributed by atoms with Gasteiger partial charge in [-0.1, -0.05) is 20.3 Å². The van der Waals surface area contributed by atoms with Crippen molar-refractivity contribution in [1.82, 2.24) is 0 Å². The predicted octanol–water partition coefficient (Wildman–Crippen LogP) is 2.60. The monoisotopic (exact) mass is 142 g/mol. The molecule has 1 aliphatic carbocycles. The summed E-state index contributed by atoms with van der Waals surface area (Å²) in [4.78, 5) is 0. The minimum atomic E-state index is 0.278. The normalized spacial score (nSPS) is 39.3. The second-order valence-corrected chi connectivity index (χ2v) is 3.42. The van der Waals surface area contributed by atoms with Gasteiger partial charge in [-0.05, 0) is 25.2 Å². The highest BCUT2D eigenvalue weighted by atomic mass is 16.5. The fraction of sp³-hybridized carbons (Fsp3) is 1.00. The van der Waals surface area contributed by atoms with Crippen LogP contribution in [0.15, 0.2) is 0 Å². The van der Waals surface area contributed by atoms with Crippen molar-refractivity contribution in [2.75, 3.05) is 7.11 Å². The second-order valence-electron chi connectivity index (χ2n) is 3.42. The van der Waals surface area contributed by atoms with Crippen LogP contribution in [0.4, 0.5) is 0 Å². The summed E-state index contributed by atoms with van der Waals surface area (Å²) in [5.74, 6) is 0.944. The molecule has 10 heavy (non-hydrogen) atoms. The third-order valence-corrected chi connectivity index (χ3v) is 2.98. The van der Waals surface area contributed by atoms with Gasteiger partial charge >= 0.3 is 0 Å². The van der Waals surface area contributed by atoms with Gasteiger partial charge in [0.05, 0.1) is 5.60 Å². The second kappa shape index (κ2) is 2.91. The van der Waals surface area contributed by atoms with Crippen molar-refractivity contribution >= 4 is 0 Å². The molecule has 0 aromatic rings. The quantitative estimate of drug-likeness (QED) is 0.588. The Labute approximate surface area is 63.8 Å². The first-order chi connectivity index (χ1) is 4.76. The van der Waals surface area contributed by atoms with Gasteiger partial charge in [-0.15, -0.1) is 0 Å². The van der Waals surface area contributed by atoms with E-state index in [0.717, 1.165) is 5.92 Å². The summed E-state index contributed by atoms with van der Waals surface area (Å²) in [5, 5.41) is 0. The van der Waals surface area contributed by atoms with E-state index in [9.17, 15) is 0 Å². The predicted molar refractivity (Wildman–Crippen MR) is 43.0 cm³/mol. The molecular formula is C9H18O. The summed E-state index contributed by atoms with van der Waals surface area (Å²) < 4.78 is 5.46. The Balaban J connectivity index is 2.31. The Morgan fingerprint density at radius 3 is 2.30 bits per heavy atom. The van der Waals surface area contributed by atoms with Crippen LogP contribution in [0, 0.1) is 5.92 Å². The summed E-state index contributed by atoms with van der Waals surface area (Å²) >= 11 is 0. The summed E-state index contributed by atoms with van der Waals surface area (Å²) in [5.41, 5.74) is 0.278. The summed E-state index contributed by atoms with van der Waals surface area (Å²) in [6.07, 6.45) is 5.08. The Hall–Kier alpha value is -0.0400. The molecule has 1 aliphatic rings. The molecule has 1 saturated carbocycles. The van der Waals surface area contributed by atoms with E-state index in [0.29, 0.717) is 0 Å². The van der Waals surface area contributed by atoms with Crippen LogP contribution in [0.5, 0.6) is 0 Å². The van der Waals surface area contributed by atoms with E-state index in [4.69, 9.17) is 4.74 Å². The van der Waals surface area contributed by atoms with Crippen LogP contribution in [0.3, 0.4) is 0 Å². The van der Waals surface area contributed by atoms with Gasteiger partial charge in [-0.25, -0.2) is 0 Å². The molecule has 1 rings (SSSR count). The molecule has 0 atom stereocenters. The SMILES string of the molecule is CCC1CC(CC)(OC)C1. The molecule has 0 bridgehead atoms. The van der Waals surface area contributed by atoms with Crippen LogP contribution in [0.1, 0.15) is 39.5 Å².